The summed E-state index contributed by atoms with van der Waals surface area (Å²) in [5.74, 6) is 2.40. The highest BCUT2D eigenvalue weighted by Crippen LogP contribution is 2.31. The van der Waals surface area contributed by atoms with Crippen LogP contribution in [0.5, 0.6) is 5.88 Å². The minimum atomic E-state index is -0.252. The van der Waals surface area contributed by atoms with Gasteiger partial charge in [0.25, 0.3) is 0 Å². The minimum Gasteiger partial charge on any atom is -0.480 e. The van der Waals surface area contributed by atoms with Gasteiger partial charge < -0.3 is 15.0 Å². The van der Waals surface area contributed by atoms with Gasteiger partial charge in [0.05, 0.1) is 17.1 Å². The second-order valence-electron chi connectivity index (χ2n) is 7.07. The third-order valence-electron chi connectivity index (χ3n) is 5.08. The number of carbonyl (C=O) groups is 1. The van der Waals surface area contributed by atoms with E-state index in [-0.39, 0.29) is 5.91 Å². The average molecular weight is 469 g/mol. The first kappa shape index (κ1) is 20.2. The van der Waals surface area contributed by atoms with Crippen LogP contribution in [0.25, 0.3) is 10.9 Å². The van der Waals surface area contributed by atoms with Crippen LogP contribution in [-0.2, 0) is 11.2 Å². The van der Waals surface area contributed by atoms with Crippen molar-refractivity contribution in [1.29, 1.82) is 0 Å². The Bertz CT molecular complexity index is 1110. The zero-order valence-electron chi connectivity index (χ0n) is 16.5. The molecule has 1 aromatic carbocycles. The Morgan fingerprint density at radius 1 is 1.40 bits per heavy atom. The molecule has 8 nitrogen and oxygen atoms in total. The van der Waals surface area contributed by atoms with Crippen LogP contribution in [0.4, 0.5) is 11.5 Å². The quantitative estimate of drug-likeness (QED) is 0.554. The number of halogens is 1. The number of carbonyl (C=O) groups excluding carboxylic acids is 1. The van der Waals surface area contributed by atoms with E-state index in [4.69, 9.17) is 4.74 Å². The molecular formula is C21H21BrN6O2. The Labute approximate surface area is 182 Å². The number of hydrogen-bond donors (Lipinski definition) is 1. The molecular weight excluding hydrogens is 448 g/mol. The van der Waals surface area contributed by atoms with Crippen LogP contribution in [0, 0.1) is 5.92 Å². The molecule has 2 aromatic heterocycles. The van der Waals surface area contributed by atoms with E-state index in [1.165, 1.54) is 6.08 Å². The molecule has 3 heterocycles. The van der Waals surface area contributed by atoms with Gasteiger partial charge in [-0.1, -0.05) is 6.58 Å². The summed E-state index contributed by atoms with van der Waals surface area (Å²) in [7, 11) is 1.60. The normalized spacial score (nSPS) is 15.9. The Kier molecular flexibility index (Phi) is 5.89. The highest BCUT2D eigenvalue weighted by Gasteiger charge is 2.26. The van der Waals surface area contributed by atoms with Crippen molar-refractivity contribution in [3.05, 3.63) is 53.7 Å². The highest BCUT2D eigenvalue weighted by atomic mass is 79.9. The molecule has 0 saturated carbocycles. The van der Waals surface area contributed by atoms with Crippen molar-refractivity contribution in [3.8, 4) is 5.88 Å². The Hall–Kier alpha value is -3.07. The third-order valence-corrected chi connectivity index (χ3v) is 5.62. The summed E-state index contributed by atoms with van der Waals surface area (Å²) in [5.41, 5.74) is 1.46. The highest BCUT2D eigenvalue weighted by molar-refractivity contribution is 9.10. The number of aromatic nitrogens is 4. The van der Waals surface area contributed by atoms with Gasteiger partial charge in [0.1, 0.15) is 18.0 Å². The smallest absolute Gasteiger partial charge is 0.247 e. The van der Waals surface area contributed by atoms with Crippen LogP contribution in [-0.4, -0.2) is 46.0 Å². The van der Waals surface area contributed by atoms with E-state index in [1.54, 1.807) is 19.6 Å². The van der Waals surface area contributed by atoms with E-state index < -0.39 is 0 Å². The first-order valence-electron chi connectivity index (χ1n) is 9.56. The van der Waals surface area contributed by atoms with Crippen LogP contribution in [0.15, 0.2) is 47.9 Å². The van der Waals surface area contributed by atoms with Crippen LogP contribution < -0.4 is 15.0 Å². The number of anilines is 2. The number of nitrogens with zero attached hydrogens (tertiary/aromatic N) is 5. The standard InChI is InChI=1S/C21H21BrN6O2/c1-3-19(29)26-14-4-5-15-17(9-14)24-12-25-20(15)28-7-6-13(11-28)8-18-23-10-16(22)21(27-18)30-2/h3-5,9-10,12-13H,1,6-8,11H2,2H3,(H,26,29)/t13-/m0/s1. The molecule has 154 valence electrons. The van der Waals surface area contributed by atoms with Crippen LogP contribution >= 0.6 is 15.9 Å². The minimum absolute atomic E-state index is 0.252. The molecule has 0 unspecified atom stereocenters. The number of methoxy groups -OCH3 is 1. The van der Waals surface area contributed by atoms with Gasteiger partial charge in [-0.2, -0.15) is 4.98 Å². The summed E-state index contributed by atoms with van der Waals surface area (Å²) >= 11 is 3.39. The molecule has 0 bridgehead atoms. The van der Waals surface area contributed by atoms with E-state index in [9.17, 15) is 4.79 Å². The van der Waals surface area contributed by atoms with Gasteiger partial charge in [-0.3, -0.25) is 4.79 Å². The van der Waals surface area contributed by atoms with Gasteiger partial charge in [0.15, 0.2) is 0 Å². The fourth-order valence-electron chi connectivity index (χ4n) is 3.64. The summed E-state index contributed by atoms with van der Waals surface area (Å²) in [6.07, 6.45) is 6.34. The molecule has 0 aliphatic carbocycles. The van der Waals surface area contributed by atoms with Crippen LogP contribution in [0.2, 0.25) is 0 Å². The monoisotopic (exact) mass is 468 g/mol. The summed E-state index contributed by atoms with van der Waals surface area (Å²) in [5, 5.41) is 3.72. The van der Waals surface area contributed by atoms with Gasteiger partial charge in [-0.05, 0) is 52.5 Å². The van der Waals surface area contributed by atoms with E-state index >= 15 is 0 Å². The number of ether oxygens (including phenoxy) is 1. The first-order chi connectivity index (χ1) is 14.6. The Morgan fingerprint density at radius 3 is 3.07 bits per heavy atom. The molecule has 30 heavy (non-hydrogen) atoms. The maximum absolute atomic E-state index is 11.5. The number of hydrogen-bond acceptors (Lipinski definition) is 7. The van der Waals surface area contributed by atoms with E-state index in [0.717, 1.165) is 52.9 Å². The third kappa shape index (κ3) is 4.25. The van der Waals surface area contributed by atoms with Crippen molar-refractivity contribution < 1.29 is 9.53 Å². The van der Waals surface area contributed by atoms with E-state index in [2.05, 4.69) is 52.7 Å². The Balaban J connectivity index is 1.51. The molecule has 1 aliphatic rings. The van der Waals surface area contributed by atoms with Crippen molar-refractivity contribution in [2.45, 2.75) is 12.8 Å². The second kappa shape index (κ2) is 8.74. The van der Waals surface area contributed by atoms with E-state index in [0.29, 0.717) is 17.5 Å². The molecule has 1 atom stereocenters. The molecule has 4 rings (SSSR count). The lowest BCUT2D eigenvalue weighted by Crippen LogP contribution is -2.22. The number of benzene rings is 1. The van der Waals surface area contributed by atoms with Gasteiger partial charge in [-0.15, -0.1) is 0 Å². The zero-order chi connectivity index (χ0) is 21.1. The summed E-state index contributed by atoms with van der Waals surface area (Å²) in [4.78, 5) is 31.6. The molecule has 1 fully saturated rings. The molecule has 1 aliphatic heterocycles. The lowest BCUT2D eigenvalue weighted by atomic mass is 10.0. The SMILES string of the molecule is C=CC(=O)Nc1ccc2c(N3CC[C@@H](Cc4ncc(Br)c(OC)n4)C3)ncnc2c1. The fraction of sp³-hybridized carbons (Fsp3) is 0.286. The van der Waals surface area contributed by atoms with Crippen molar-refractivity contribution in [2.24, 2.45) is 5.92 Å². The van der Waals surface area contributed by atoms with Gasteiger partial charge in [-0.25, -0.2) is 15.0 Å². The molecule has 0 radical (unpaired) electrons. The zero-order valence-corrected chi connectivity index (χ0v) is 18.1. The number of nitrogens with one attached hydrogen (secondary N) is 1. The van der Waals surface area contributed by atoms with Crippen LogP contribution in [0.3, 0.4) is 0 Å². The summed E-state index contributed by atoms with van der Waals surface area (Å²) < 4.78 is 6.02. The molecule has 3 aromatic rings. The average Bonchev–Trinajstić information content (AvgIpc) is 3.22. The van der Waals surface area contributed by atoms with Gasteiger partial charge in [0, 0.05) is 36.8 Å². The van der Waals surface area contributed by atoms with Crippen molar-refractivity contribution in [1.82, 2.24) is 19.9 Å². The maximum Gasteiger partial charge on any atom is 0.247 e. The maximum atomic E-state index is 11.5. The van der Waals surface area contributed by atoms with Crippen molar-refractivity contribution in [3.63, 3.8) is 0 Å². The topological polar surface area (TPSA) is 93.1 Å². The van der Waals surface area contributed by atoms with Crippen LogP contribution in [0.1, 0.15) is 12.2 Å². The van der Waals surface area contributed by atoms with E-state index in [1.807, 2.05) is 18.2 Å². The van der Waals surface area contributed by atoms with Crippen molar-refractivity contribution in [2.75, 3.05) is 30.4 Å². The van der Waals surface area contributed by atoms with Crippen molar-refractivity contribution >= 4 is 44.2 Å². The summed E-state index contributed by atoms with van der Waals surface area (Å²) in [6.45, 7) is 5.24. The van der Waals surface area contributed by atoms with Gasteiger partial charge in [0.2, 0.25) is 11.8 Å². The lowest BCUT2D eigenvalue weighted by molar-refractivity contribution is -0.111. The number of fused-ring (bicyclic) bond motifs is 1. The number of amides is 1. The Morgan fingerprint density at radius 2 is 2.27 bits per heavy atom. The predicted molar refractivity (Wildman–Crippen MR) is 119 cm³/mol. The predicted octanol–water partition coefficient (Wildman–Crippen LogP) is 3.38. The summed E-state index contributed by atoms with van der Waals surface area (Å²) in [6, 6.07) is 5.64. The molecule has 1 saturated heterocycles. The molecule has 1 N–H and O–H groups in total. The number of rotatable bonds is 6. The molecule has 9 heteroatoms. The fourth-order valence-corrected chi connectivity index (χ4v) is 4.00. The first-order valence-corrected chi connectivity index (χ1v) is 10.3. The van der Waals surface area contributed by atoms with Gasteiger partial charge >= 0.3 is 0 Å². The molecule has 1 amide bonds. The lowest BCUT2D eigenvalue weighted by Gasteiger charge is -2.19. The molecule has 0 spiro atoms. The largest absolute Gasteiger partial charge is 0.480 e. The second-order valence-corrected chi connectivity index (χ2v) is 7.93.